The lowest BCUT2D eigenvalue weighted by molar-refractivity contribution is 0.318. The van der Waals surface area contributed by atoms with Crippen LogP contribution in [0.4, 0.5) is 0 Å². The zero-order valence-corrected chi connectivity index (χ0v) is 11.1. The summed E-state index contributed by atoms with van der Waals surface area (Å²) >= 11 is 3.93. The predicted molar refractivity (Wildman–Crippen MR) is 70.7 cm³/mol. The number of hydrogen-bond donors (Lipinski definition) is 1. The molecule has 1 aliphatic heterocycles. The molecule has 15 heavy (non-hydrogen) atoms. The van der Waals surface area contributed by atoms with E-state index in [1.807, 2.05) is 11.3 Å². The minimum absolute atomic E-state index is 0.510. The molecule has 0 radical (unpaired) electrons. The molecule has 2 heterocycles. The van der Waals surface area contributed by atoms with Gasteiger partial charge < -0.3 is 5.32 Å². The highest BCUT2D eigenvalue weighted by Crippen LogP contribution is 2.33. The Kier molecular flexibility index (Phi) is 3.75. The van der Waals surface area contributed by atoms with E-state index in [1.54, 1.807) is 0 Å². The van der Waals surface area contributed by atoms with Gasteiger partial charge in [-0.3, -0.25) is 0 Å². The van der Waals surface area contributed by atoms with Gasteiger partial charge in [0.2, 0.25) is 0 Å². The van der Waals surface area contributed by atoms with Crippen LogP contribution in [-0.4, -0.2) is 17.5 Å². The van der Waals surface area contributed by atoms with Gasteiger partial charge in [0.1, 0.15) is 0 Å². The summed E-state index contributed by atoms with van der Waals surface area (Å²) in [7, 11) is 0. The van der Waals surface area contributed by atoms with Crippen molar-refractivity contribution in [1.29, 1.82) is 0 Å². The molecule has 1 nitrogen and oxygen atoms in total. The third-order valence-electron chi connectivity index (χ3n) is 2.76. The summed E-state index contributed by atoms with van der Waals surface area (Å²) in [6, 6.07) is 5.03. The van der Waals surface area contributed by atoms with Crippen LogP contribution in [0.5, 0.6) is 0 Å². The van der Waals surface area contributed by atoms with Crippen LogP contribution in [0.15, 0.2) is 17.5 Å². The van der Waals surface area contributed by atoms with E-state index in [1.165, 1.54) is 22.8 Å². The van der Waals surface area contributed by atoms with E-state index >= 15 is 0 Å². The predicted octanol–water partition coefficient (Wildman–Crippen LogP) is 3.37. The van der Waals surface area contributed by atoms with Crippen LogP contribution in [0.2, 0.25) is 0 Å². The first kappa shape index (κ1) is 11.5. The summed E-state index contributed by atoms with van der Waals surface area (Å²) in [6.07, 6.45) is 1.31. The van der Waals surface area contributed by atoms with Crippen LogP contribution in [0.3, 0.4) is 0 Å². The number of rotatable bonds is 3. The first-order valence-electron chi connectivity index (χ1n) is 5.49. The van der Waals surface area contributed by atoms with Gasteiger partial charge in [-0.25, -0.2) is 0 Å². The molecule has 0 saturated carbocycles. The SMILES string of the molecule is CC1(C)CSCC(NCc2cccs2)C1. The van der Waals surface area contributed by atoms with Crippen molar-refractivity contribution in [1.82, 2.24) is 5.32 Å². The van der Waals surface area contributed by atoms with Crippen LogP contribution < -0.4 is 5.32 Å². The van der Waals surface area contributed by atoms with Gasteiger partial charge in [0.25, 0.3) is 0 Å². The van der Waals surface area contributed by atoms with E-state index < -0.39 is 0 Å². The van der Waals surface area contributed by atoms with Gasteiger partial charge >= 0.3 is 0 Å². The van der Waals surface area contributed by atoms with Crippen LogP contribution in [-0.2, 0) is 6.54 Å². The van der Waals surface area contributed by atoms with Crippen LogP contribution in [0, 0.1) is 5.41 Å². The zero-order chi connectivity index (χ0) is 10.7. The molecular formula is C12H19NS2. The minimum Gasteiger partial charge on any atom is -0.308 e. The van der Waals surface area contributed by atoms with Crippen molar-refractivity contribution < 1.29 is 0 Å². The zero-order valence-electron chi connectivity index (χ0n) is 9.45. The fourth-order valence-electron chi connectivity index (χ4n) is 2.05. The highest BCUT2D eigenvalue weighted by molar-refractivity contribution is 7.99. The Hall–Kier alpha value is 0.01000. The van der Waals surface area contributed by atoms with Gasteiger partial charge in [-0.05, 0) is 29.0 Å². The fraction of sp³-hybridized carbons (Fsp3) is 0.667. The molecule has 0 bridgehead atoms. The molecule has 0 amide bonds. The molecule has 0 aliphatic carbocycles. The lowest BCUT2D eigenvalue weighted by Crippen LogP contribution is -2.39. The maximum Gasteiger partial charge on any atom is 0.0302 e. The average Bonchev–Trinajstić information content (AvgIpc) is 2.65. The third-order valence-corrected chi connectivity index (χ3v) is 5.26. The minimum atomic E-state index is 0.510. The Morgan fingerprint density at radius 3 is 3.07 bits per heavy atom. The normalized spacial score (nSPS) is 25.3. The number of thioether (sulfide) groups is 1. The summed E-state index contributed by atoms with van der Waals surface area (Å²) in [5.74, 6) is 2.58. The topological polar surface area (TPSA) is 12.0 Å². The second kappa shape index (κ2) is 4.89. The van der Waals surface area contributed by atoms with Gasteiger partial charge in [0, 0.05) is 23.2 Å². The Balaban J connectivity index is 1.80. The highest BCUT2D eigenvalue weighted by atomic mass is 32.2. The molecule has 0 aromatic carbocycles. The molecule has 1 aliphatic rings. The smallest absolute Gasteiger partial charge is 0.0302 e. The Labute approximate surface area is 101 Å². The van der Waals surface area contributed by atoms with E-state index in [2.05, 4.69) is 48.4 Å². The van der Waals surface area contributed by atoms with Crippen molar-refractivity contribution in [2.24, 2.45) is 5.41 Å². The fourth-order valence-corrected chi connectivity index (χ4v) is 4.02. The number of nitrogens with one attached hydrogen (secondary N) is 1. The van der Waals surface area contributed by atoms with Crippen molar-refractivity contribution in [2.45, 2.75) is 32.9 Å². The summed E-state index contributed by atoms with van der Waals surface area (Å²) in [5.41, 5.74) is 0.510. The molecule has 1 unspecified atom stereocenters. The van der Waals surface area contributed by atoms with Crippen molar-refractivity contribution in [3.63, 3.8) is 0 Å². The van der Waals surface area contributed by atoms with E-state index in [9.17, 15) is 0 Å². The molecular weight excluding hydrogens is 222 g/mol. The van der Waals surface area contributed by atoms with Crippen LogP contribution in [0.25, 0.3) is 0 Å². The molecule has 0 spiro atoms. The second-order valence-corrected chi connectivity index (χ2v) is 7.10. The number of thiophene rings is 1. The summed E-state index contributed by atoms with van der Waals surface area (Å²) in [4.78, 5) is 1.45. The quantitative estimate of drug-likeness (QED) is 0.871. The van der Waals surface area contributed by atoms with Gasteiger partial charge in [0.05, 0.1) is 0 Å². The highest BCUT2D eigenvalue weighted by Gasteiger charge is 2.27. The van der Waals surface area contributed by atoms with Crippen LogP contribution >= 0.6 is 23.1 Å². The summed E-state index contributed by atoms with van der Waals surface area (Å²) in [6.45, 7) is 5.79. The maximum absolute atomic E-state index is 3.67. The van der Waals surface area contributed by atoms with E-state index in [4.69, 9.17) is 0 Å². The molecule has 1 aromatic heterocycles. The molecule has 1 atom stereocenters. The lowest BCUT2D eigenvalue weighted by Gasteiger charge is -2.35. The summed E-state index contributed by atoms with van der Waals surface area (Å²) < 4.78 is 0. The van der Waals surface area contributed by atoms with Crippen molar-refractivity contribution >= 4 is 23.1 Å². The first-order chi connectivity index (χ1) is 7.16. The largest absolute Gasteiger partial charge is 0.308 e. The van der Waals surface area contributed by atoms with Crippen LogP contribution in [0.1, 0.15) is 25.1 Å². The molecule has 1 fully saturated rings. The van der Waals surface area contributed by atoms with Crippen molar-refractivity contribution in [2.75, 3.05) is 11.5 Å². The monoisotopic (exact) mass is 241 g/mol. The molecule has 2 rings (SSSR count). The first-order valence-corrected chi connectivity index (χ1v) is 7.53. The second-order valence-electron chi connectivity index (χ2n) is 5.04. The molecule has 3 heteroatoms. The van der Waals surface area contributed by atoms with Gasteiger partial charge in [0.15, 0.2) is 0 Å². The van der Waals surface area contributed by atoms with Gasteiger partial charge in [-0.15, -0.1) is 11.3 Å². The molecule has 1 saturated heterocycles. The molecule has 84 valence electrons. The van der Waals surface area contributed by atoms with Crippen molar-refractivity contribution in [3.8, 4) is 0 Å². The lowest BCUT2D eigenvalue weighted by atomic mass is 9.88. The van der Waals surface area contributed by atoms with E-state index in [0.29, 0.717) is 11.5 Å². The maximum atomic E-state index is 3.67. The molecule has 1 N–H and O–H groups in total. The Morgan fingerprint density at radius 2 is 2.40 bits per heavy atom. The van der Waals surface area contributed by atoms with E-state index in [-0.39, 0.29) is 0 Å². The van der Waals surface area contributed by atoms with E-state index in [0.717, 1.165) is 6.54 Å². The number of hydrogen-bond acceptors (Lipinski definition) is 3. The average molecular weight is 241 g/mol. The third kappa shape index (κ3) is 3.51. The van der Waals surface area contributed by atoms with Crippen molar-refractivity contribution in [3.05, 3.63) is 22.4 Å². The standard InChI is InChI=1S/C12H19NS2/c1-12(2)6-10(8-14-9-12)13-7-11-4-3-5-15-11/h3-5,10,13H,6-9H2,1-2H3. The van der Waals surface area contributed by atoms with Gasteiger partial charge in [-0.2, -0.15) is 11.8 Å². The Bertz CT molecular complexity index is 293. The summed E-state index contributed by atoms with van der Waals surface area (Å²) in [5, 5.41) is 5.82. The van der Waals surface area contributed by atoms with Gasteiger partial charge in [-0.1, -0.05) is 19.9 Å². The molecule has 1 aromatic rings. The Morgan fingerprint density at radius 1 is 1.53 bits per heavy atom.